The molecule has 3 amide bonds. The number of rotatable bonds is 12. The van der Waals surface area contributed by atoms with E-state index in [1.165, 1.54) is 12.1 Å². The Labute approximate surface area is 262 Å². The Morgan fingerprint density at radius 2 is 1.60 bits per heavy atom. The van der Waals surface area contributed by atoms with E-state index in [-0.39, 0.29) is 23.8 Å². The molecule has 2 aliphatic heterocycles. The van der Waals surface area contributed by atoms with E-state index in [1.807, 2.05) is 12.1 Å². The number of hydroxylamine groups is 3. The van der Waals surface area contributed by atoms with Crippen molar-refractivity contribution < 1.29 is 43.1 Å². The molecule has 0 saturated heterocycles. The van der Waals surface area contributed by atoms with E-state index < -0.39 is 41.2 Å². The number of ether oxygens (including phenoxy) is 3. The molecule has 2 atom stereocenters. The summed E-state index contributed by atoms with van der Waals surface area (Å²) < 4.78 is 16.7. The monoisotopic (exact) mass is 624 g/mol. The minimum Gasteiger partial charge on any atom is -0.490 e. The first kappa shape index (κ1) is 33.4. The Morgan fingerprint density at radius 1 is 0.933 bits per heavy atom. The molecule has 2 aromatic carbocycles. The van der Waals surface area contributed by atoms with Crippen LogP contribution < -0.4 is 15.5 Å². The molecule has 242 valence electrons. The highest BCUT2D eigenvalue weighted by Crippen LogP contribution is 2.28. The third-order valence-corrected chi connectivity index (χ3v) is 6.21. The molecule has 0 saturated carbocycles. The zero-order valence-corrected chi connectivity index (χ0v) is 26.3. The number of esters is 1. The van der Waals surface area contributed by atoms with Crippen LogP contribution in [0.5, 0.6) is 5.75 Å². The Balaban J connectivity index is 1.36. The Kier molecular flexibility index (Phi) is 10.5. The predicted molar refractivity (Wildman–Crippen MR) is 161 cm³/mol. The maximum Gasteiger partial charge on any atom is 0.407 e. The number of alkyl carbamates (subject to hydrolysis) is 1. The van der Waals surface area contributed by atoms with Gasteiger partial charge in [-0.3, -0.25) is 14.4 Å². The number of hydrazine groups is 1. The van der Waals surface area contributed by atoms with Crippen LogP contribution in [0.4, 0.5) is 4.79 Å². The van der Waals surface area contributed by atoms with E-state index >= 15 is 0 Å². The largest absolute Gasteiger partial charge is 0.490 e. The van der Waals surface area contributed by atoms with Gasteiger partial charge in [0.2, 0.25) is 6.10 Å². The number of hydrogen-bond donors (Lipinski definition) is 2. The maximum atomic E-state index is 13.1. The SMILES string of the molecule is CC(C)(C)OC(=O)NCCCON1NC=CC1c1cccc(OC[C@H](ON2C(=O)c3ccccc3C2=O)C(=O)OC(C)(C)C)c1. The van der Waals surface area contributed by atoms with Crippen molar-refractivity contribution in [3.05, 3.63) is 77.5 Å². The van der Waals surface area contributed by atoms with Gasteiger partial charge in [-0.05, 0) is 83.9 Å². The van der Waals surface area contributed by atoms with Crippen molar-refractivity contribution in [3.8, 4) is 5.75 Å². The predicted octanol–water partition coefficient (Wildman–Crippen LogP) is 4.22. The summed E-state index contributed by atoms with van der Waals surface area (Å²) in [5, 5.41) is 4.84. The highest BCUT2D eigenvalue weighted by Gasteiger charge is 2.40. The van der Waals surface area contributed by atoms with Crippen molar-refractivity contribution in [2.75, 3.05) is 19.8 Å². The lowest BCUT2D eigenvalue weighted by Crippen LogP contribution is -2.43. The molecule has 2 aliphatic rings. The first-order chi connectivity index (χ1) is 21.2. The molecule has 0 bridgehead atoms. The molecule has 45 heavy (non-hydrogen) atoms. The summed E-state index contributed by atoms with van der Waals surface area (Å²) in [4.78, 5) is 62.1. The lowest BCUT2D eigenvalue weighted by atomic mass is 10.1. The molecule has 4 rings (SSSR count). The second kappa shape index (κ2) is 14.1. The number of hydrogen-bond acceptors (Lipinski definition) is 11. The van der Waals surface area contributed by atoms with Crippen LogP contribution in [0, 0.1) is 0 Å². The van der Waals surface area contributed by atoms with E-state index in [0.717, 1.165) is 5.56 Å². The van der Waals surface area contributed by atoms with Gasteiger partial charge in [0.05, 0.1) is 17.7 Å². The highest BCUT2D eigenvalue weighted by molar-refractivity contribution is 6.20. The normalized spacial score (nSPS) is 17.1. The van der Waals surface area contributed by atoms with Gasteiger partial charge in [-0.25, -0.2) is 14.4 Å². The van der Waals surface area contributed by atoms with Crippen LogP contribution in [-0.2, 0) is 23.9 Å². The lowest BCUT2D eigenvalue weighted by Gasteiger charge is -2.26. The number of nitrogens with zero attached hydrogens (tertiary/aromatic N) is 2. The fourth-order valence-corrected chi connectivity index (χ4v) is 4.33. The zero-order valence-electron chi connectivity index (χ0n) is 26.3. The van der Waals surface area contributed by atoms with Gasteiger partial charge in [-0.2, -0.15) is 0 Å². The minimum atomic E-state index is -1.42. The van der Waals surface area contributed by atoms with E-state index in [9.17, 15) is 19.2 Å². The summed E-state index contributed by atoms with van der Waals surface area (Å²) in [5.41, 5.74) is 2.79. The number of fused-ring (bicyclic) bond motifs is 1. The smallest absolute Gasteiger partial charge is 0.407 e. The van der Waals surface area contributed by atoms with Gasteiger partial charge < -0.3 is 25.0 Å². The van der Waals surface area contributed by atoms with E-state index in [2.05, 4.69) is 10.7 Å². The van der Waals surface area contributed by atoms with Crippen LogP contribution in [0.25, 0.3) is 0 Å². The minimum absolute atomic E-state index is 0.184. The second-order valence-corrected chi connectivity index (χ2v) is 12.3. The zero-order chi connectivity index (χ0) is 32.8. The van der Waals surface area contributed by atoms with Crippen LogP contribution in [-0.4, -0.2) is 71.2 Å². The van der Waals surface area contributed by atoms with Crippen LogP contribution >= 0.6 is 0 Å². The second-order valence-electron chi connectivity index (χ2n) is 12.3. The quantitative estimate of drug-likeness (QED) is 0.199. The van der Waals surface area contributed by atoms with Crippen LogP contribution in [0.2, 0.25) is 0 Å². The molecule has 2 heterocycles. The topological polar surface area (TPSA) is 145 Å². The summed E-state index contributed by atoms with van der Waals surface area (Å²) >= 11 is 0. The van der Waals surface area contributed by atoms with Crippen molar-refractivity contribution in [3.63, 3.8) is 0 Å². The van der Waals surface area contributed by atoms with Crippen LogP contribution in [0.3, 0.4) is 0 Å². The maximum absolute atomic E-state index is 13.1. The lowest BCUT2D eigenvalue weighted by molar-refractivity contribution is -0.198. The van der Waals surface area contributed by atoms with Gasteiger partial charge >= 0.3 is 12.1 Å². The number of benzene rings is 2. The van der Waals surface area contributed by atoms with Crippen LogP contribution in [0.15, 0.2) is 60.8 Å². The number of nitrogens with one attached hydrogen (secondary N) is 2. The van der Waals surface area contributed by atoms with Crippen molar-refractivity contribution in [2.24, 2.45) is 0 Å². The van der Waals surface area contributed by atoms with Crippen molar-refractivity contribution in [1.82, 2.24) is 21.0 Å². The van der Waals surface area contributed by atoms with Crippen molar-refractivity contribution in [1.29, 1.82) is 0 Å². The molecule has 0 aliphatic carbocycles. The Bertz CT molecular complexity index is 1400. The third-order valence-electron chi connectivity index (χ3n) is 6.21. The molecular weight excluding hydrogens is 584 g/mol. The first-order valence-corrected chi connectivity index (χ1v) is 14.6. The van der Waals surface area contributed by atoms with E-state index in [1.54, 1.807) is 83.2 Å². The molecule has 0 radical (unpaired) electrons. The average molecular weight is 625 g/mol. The molecular formula is C32H40N4O9. The summed E-state index contributed by atoms with van der Waals surface area (Å²) in [6.07, 6.45) is 2.28. The molecule has 0 spiro atoms. The Hall–Kier alpha value is -4.46. The van der Waals surface area contributed by atoms with Gasteiger partial charge in [0.15, 0.2) is 0 Å². The molecule has 0 fully saturated rings. The molecule has 0 aromatic heterocycles. The van der Waals surface area contributed by atoms with Gasteiger partial charge in [0.25, 0.3) is 11.8 Å². The molecule has 13 heteroatoms. The summed E-state index contributed by atoms with van der Waals surface area (Å²) in [6, 6.07) is 13.2. The Morgan fingerprint density at radius 3 is 2.24 bits per heavy atom. The highest BCUT2D eigenvalue weighted by atomic mass is 16.7. The molecule has 13 nitrogen and oxygen atoms in total. The van der Waals surface area contributed by atoms with Gasteiger partial charge in [-0.15, -0.1) is 5.06 Å². The van der Waals surface area contributed by atoms with Gasteiger partial charge in [-0.1, -0.05) is 29.4 Å². The molecule has 2 aromatic rings. The van der Waals surface area contributed by atoms with E-state index in [0.29, 0.717) is 30.4 Å². The molecule has 2 N–H and O–H groups in total. The number of carbonyl (C=O) groups is 4. The number of amides is 3. The van der Waals surface area contributed by atoms with Crippen molar-refractivity contribution in [2.45, 2.75) is 71.3 Å². The standard InChI is InChI=1S/C32H40N4O9/c1-31(2,3)43-29(39)26(45-35-27(37)23-13-7-8-14-24(23)28(35)38)20-41-22-12-9-11-21(19-22)25-15-17-34-36(25)42-18-10-16-33-30(40)44-32(4,5)6/h7-9,11-15,17,19,25-26,34H,10,16,18,20H2,1-6H3,(H,33,40)/t25?,26-/m0/s1. The fraction of sp³-hybridized carbons (Fsp3) is 0.438. The van der Waals surface area contributed by atoms with Crippen LogP contribution in [0.1, 0.15) is 80.3 Å². The third kappa shape index (κ3) is 9.27. The van der Waals surface area contributed by atoms with E-state index in [4.69, 9.17) is 23.9 Å². The van der Waals surface area contributed by atoms with Gasteiger partial charge in [0, 0.05) is 12.7 Å². The molecule has 1 unspecified atom stereocenters. The van der Waals surface area contributed by atoms with Crippen molar-refractivity contribution >= 4 is 23.9 Å². The number of carbonyl (C=O) groups excluding carboxylic acids is 4. The summed E-state index contributed by atoms with van der Waals surface area (Å²) in [6.45, 7) is 10.9. The van der Waals surface area contributed by atoms with Gasteiger partial charge in [0.1, 0.15) is 29.6 Å². The summed E-state index contributed by atoms with van der Waals surface area (Å²) in [5.74, 6) is -1.73. The first-order valence-electron chi connectivity index (χ1n) is 14.6. The summed E-state index contributed by atoms with van der Waals surface area (Å²) in [7, 11) is 0. The number of imide groups is 1. The fourth-order valence-electron chi connectivity index (χ4n) is 4.33. The average Bonchev–Trinajstić information content (AvgIpc) is 3.52.